The molecule has 3 heterocycles. The topological polar surface area (TPSA) is 147 Å². The van der Waals surface area contributed by atoms with Gasteiger partial charge in [-0.1, -0.05) is 0 Å². The molecule has 114 valence electrons. The van der Waals surface area contributed by atoms with Gasteiger partial charge in [0.05, 0.1) is 23.4 Å². The minimum Gasteiger partial charge on any atom is -0.389 e. The van der Waals surface area contributed by atoms with Crippen LogP contribution in [-0.2, 0) is 0 Å². The second kappa shape index (κ2) is 5.30. The van der Waals surface area contributed by atoms with Gasteiger partial charge in [-0.05, 0) is 6.26 Å². The molecule has 1 fully saturated rings. The first kappa shape index (κ1) is 14.3. The fraction of sp³-hybridized carbons (Fsp3) is 0.545. The molecule has 0 bridgehead atoms. The van der Waals surface area contributed by atoms with E-state index >= 15 is 0 Å². The number of aromatic nitrogens is 4. The molecule has 2 aromatic heterocycles. The van der Waals surface area contributed by atoms with Gasteiger partial charge >= 0.3 is 5.69 Å². The number of H-pyrrole nitrogens is 3. The lowest BCUT2D eigenvalue weighted by Crippen LogP contribution is -2.34. The molecule has 1 aliphatic rings. The van der Waals surface area contributed by atoms with E-state index in [0.717, 1.165) is 0 Å². The quantitative estimate of drug-likeness (QED) is 0.385. The second-order valence-electron chi connectivity index (χ2n) is 4.96. The van der Waals surface area contributed by atoms with Gasteiger partial charge in [0.1, 0.15) is 6.10 Å². The summed E-state index contributed by atoms with van der Waals surface area (Å²) in [4.78, 5) is 27.6. The van der Waals surface area contributed by atoms with Crippen LogP contribution in [-0.4, -0.2) is 60.6 Å². The van der Waals surface area contributed by atoms with E-state index in [-0.39, 0.29) is 17.1 Å². The normalized spacial score (nSPS) is 29.3. The van der Waals surface area contributed by atoms with Gasteiger partial charge in [0.25, 0.3) is 5.56 Å². The highest BCUT2D eigenvalue weighted by molar-refractivity contribution is 7.98. The van der Waals surface area contributed by atoms with E-state index in [1.54, 1.807) is 11.8 Å². The Morgan fingerprint density at radius 1 is 1.24 bits per heavy atom. The maximum absolute atomic E-state index is 11.6. The van der Waals surface area contributed by atoms with Gasteiger partial charge in [0.15, 0.2) is 5.52 Å². The van der Waals surface area contributed by atoms with Crippen molar-refractivity contribution in [3.8, 4) is 0 Å². The molecule has 1 saturated heterocycles. The maximum atomic E-state index is 11.6. The second-order valence-corrected chi connectivity index (χ2v) is 5.87. The summed E-state index contributed by atoms with van der Waals surface area (Å²) in [6.07, 6.45) is -0.0976. The number of rotatable bonds is 3. The van der Waals surface area contributed by atoms with Crippen molar-refractivity contribution in [2.45, 2.75) is 24.3 Å². The molecule has 1 aliphatic heterocycles. The van der Waals surface area contributed by atoms with Gasteiger partial charge in [0.2, 0.25) is 0 Å². The zero-order valence-electron chi connectivity index (χ0n) is 11.1. The van der Waals surface area contributed by atoms with Crippen molar-refractivity contribution in [3.63, 3.8) is 0 Å². The number of aliphatic hydroxyl groups is 2. The summed E-state index contributed by atoms with van der Waals surface area (Å²) in [5.74, 6) is 0.623. The highest BCUT2D eigenvalue weighted by atomic mass is 32.2. The molecule has 6 N–H and O–H groups in total. The largest absolute Gasteiger partial charge is 0.389 e. The van der Waals surface area contributed by atoms with Crippen LogP contribution in [0.3, 0.4) is 0 Å². The zero-order chi connectivity index (χ0) is 15.1. The zero-order valence-corrected chi connectivity index (χ0v) is 11.9. The Bertz CT molecular complexity index is 768. The van der Waals surface area contributed by atoms with Crippen LogP contribution in [0.2, 0.25) is 0 Å². The van der Waals surface area contributed by atoms with Crippen LogP contribution in [0, 0.1) is 0 Å². The SMILES string of the molecule is CSC[C@H]1N[C@@H](c2[nH]nc3c(=O)[nH]c(=O)[nH]c23)[C@@H](O)[C@H]1O. The molecule has 21 heavy (non-hydrogen) atoms. The van der Waals surface area contributed by atoms with Crippen LogP contribution in [0.4, 0.5) is 0 Å². The Balaban J connectivity index is 2.05. The lowest BCUT2D eigenvalue weighted by Gasteiger charge is -2.14. The molecule has 3 rings (SSSR count). The van der Waals surface area contributed by atoms with Crippen molar-refractivity contribution in [3.05, 3.63) is 26.5 Å². The van der Waals surface area contributed by atoms with Gasteiger partial charge in [-0.25, -0.2) is 4.79 Å². The molecule has 0 aliphatic carbocycles. The van der Waals surface area contributed by atoms with Crippen molar-refractivity contribution in [2.24, 2.45) is 0 Å². The number of thioether (sulfide) groups is 1. The number of nitrogens with one attached hydrogen (secondary N) is 4. The summed E-state index contributed by atoms with van der Waals surface area (Å²) in [6.45, 7) is 0. The van der Waals surface area contributed by atoms with Gasteiger partial charge in [0, 0.05) is 11.8 Å². The standard InChI is InChI=1S/C11H15N5O4S/c1-21-2-3-8(17)9(18)6(12-3)5-4-7(16-15-5)10(19)14-11(20)13-4/h3,6,8-9,12,17-18H,2H2,1H3,(H,15,16)(H2,13,14,19,20)/t3-,6+,8+,9-/m1/s1. The van der Waals surface area contributed by atoms with Crippen molar-refractivity contribution < 1.29 is 10.2 Å². The number of hydrogen-bond acceptors (Lipinski definition) is 7. The number of hydrogen-bond donors (Lipinski definition) is 6. The van der Waals surface area contributed by atoms with E-state index in [2.05, 4.69) is 25.5 Å². The van der Waals surface area contributed by atoms with Crippen molar-refractivity contribution in [2.75, 3.05) is 12.0 Å². The van der Waals surface area contributed by atoms with Gasteiger partial charge < -0.3 is 20.5 Å². The Kier molecular flexibility index (Phi) is 3.61. The van der Waals surface area contributed by atoms with Crippen LogP contribution in [0.5, 0.6) is 0 Å². The fourth-order valence-electron chi connectivity index (χ4n) is 2.62. The molecule has 0 radical (unpaired) electrons. The van der Waals surface area contributed by atoms with E-state index in [1.807, 2.05) is 6.26 Å². The molecule has 0 saturated carbocycles. The van der Waals surface area contributed by atoms with Crippen molar-refractivity contribution in [1.82, 2.24) is 25.5 Å². The molecule has 0 spiro atoms. The number of aromatic amines is 3. The van der Waals surface area contributed by atoms with Crippen molar-refractivity contribution >= 4 is 22.8 Å². The number of aliphatic hydroxyl groups excluding tert-OH is 2. The van der Waals surface area contributed by atoms with Crippen molar-refractivity contribution in [1.29, 1.82) is 0 Å². The summed E-state index contributed by atoms with van der Waals surface area (Å²) >= 11 is 1.54. The minimum atomic E-state index is -1.06. The lowest BCUT2D eigenvalue weighted by atomic mass is 10.1. The monoisotopic (exact) mass is 313 g/mol. The predicted molar refractivity (Wildman–Crippen MR) is 77.4 cm³/mol. The third-order valence-electron chi connectivity index (χ3n) is 3.63. The summed E-state index contributed by atoms with van der Waals surface area (Å²) in [5.41, 5.74) is -0.587. The molecule has 0 aromatic carbocycles. The van der Waals surface area contributed by atoms with E-state index in [0.29, 0.717) is 11.4 Å². The Labute approximate surface area is 122 Å². The molecular weight excluding hydrogens is 298 g/mol. The fourth-order valence-corrected chi connectivity index (χ4v) is 3.27. The maximum Gasteiger partial charge on any atom is 0.326 e. The summed E-state index contributed by atoms with van der Waals surface area (Å²) < 4.78 is 0. The first-order valence-electron chi connectivity index (χ1n) is 6.34. The van der Waals surface area contributed by atoms with Crippen LogP contribution in [0.1, 0.15) is 11.7 Å². The van der Waals surface area contributed by atoms with Gasteiger partial charge in [-0.3, -0.25) is 14.9 Å². The molecular formula is C11H15N5O4S. The molecule has 0 unspecified atom stereocenters. The molecule has 2 aromatic rings. The number of fused-ring (bicyclic) bond motifs is 1. The first-order valence-corrected chi connectivity index (χ1v) is 7.74. The Morgan fingerprint density at radius 3 is 2.71 bits per heavy atom. The Hall–Kier alpha value is -1.62. The lowest BCUT2D eigenvalue weighted by molar-refractivity contribution is 0.0302. The third-order valence-corrected chi connectivity index (χ3v) is 4.32. The first-order chi connectivity index (χ1) is 10.0. The average molecular weight is 313 g/mol. The molecule has 10 heteroatoms. The van der Waals surface area contributed by atoms with E-state index in [9.17, 15) is 19.8 Å². The highest BCUT2D eigenvalue weighted by Gasteiger charge is 2.43. The highest BCUT2D eigenvalue weighted by Crippen LogP contribution is 2.29. The van der Waals surface area contributed by atoms with Crippen LogP contribution in [0.25, 0.3) is 11.0 Å². The predicted octanol–water partition coefficient (Wildman–Crippen LogP) is -1.96. The Morgan fingerprint density at radius 2 is 2.00 bits per heavy atom. The molecule has 9 nitrogen and oxygen atoms in total. The smallest absolute Gasteiger partial charge is 0.326 e. The van der Waals surface area contributed by atoms with Crippen LogP contribution >= 0.6 is 11.8 Å². The summed E-state index contributed by atoms with van der Waals surface area (Å²) in [6, 6.07) is -0.924. The van der Waals surface area contributed by atoms with E-state index in [4.69, 9.17) is 0 Å². The van der Waals surface area contributed by atoms with Crippen LogP contribution in [0.15, 0.2) is 9.59 Å². The van der Waals surface area contributed by atoms with Crippen LogP contribution < -0.4 is 16.6 Å². The average Bonchev–Trinajstić information content (AvgIpc) is 2.96. The summed E-state index contributed by atoms with van der Waals surface area (Å²) in [7, 11) is 0. The number of nitrogens with zero attached hydrogens (tertiary/aromatic N) is 1. The van der Waals surface area contributed by atoms with E-state index in [1.165, 1.54) is 0 Å². The third kappa shape index (κ3) is 2.29. The summed E-state index contributed by atoms with van der Waals surface area (Å²) in [5, 5.41) is 29.8. The minimum absolute atomic E-state index is 0.0569. The van der Waals surface area contributed by atoms with Gasteiger partial charge in [-0.15, -0.1) is 0 Å². The van der Waals surface area contributed by atoms with E-state index < -0.39 is 29.5 Å². The van der Waals surface area contributed by atoms with Gasteiger partial charge in [-0.2, -0.15) is 16.9 Å². The molecule has 0 amide bonds. The molecule has 4 atom stereocenters.